The van der Waals surface area contributed by atoms with Crippen molar-refractivity contribution in [1.29, 1.82) is 0 Å². The quantitative estimate of drug-likeness (QED) is 0.171. The van der Waals surface area contributed by atoms with E-state index in [4.69, 9.17) is 19.9 Å². The van der Waals surface area contributed by atoms with Crippen molar-refractivity contribution in [1.82, 2.24) is 24.5 Å². The fourth-order valence-corrected chi connectivity index (χ4v) is 9.13. The lowest BCUT2D eigenvalue weighted by molar-refractivity contribution is 1.07. The Morgan fingerprint density at radius 3 is 1.50 bits per heavy atom. The van der Waals surface area contributed by atoms with E-state index < -0.39 is 0 Å². The largest absolute Gasteiger partial charge is 0.308 e. The average Bonchev–Trinajstić information content (AvgIpc) is 3.82. The van der Waals surface area contributed by atoms with Gasteiger partial charge in [0.15, 0.2) is 17.5 Å². The summed E-state index contributed by atoms with van der Waals surface area (Å²) in [7, 11) is 0. The second-order valence-electron chi connectivity index (χ2n) is 13.8. The lowest BCUT2D eigenvalue weighted by Crippen LogP contribution is -2.00. The molecule has 0 fully saturated rings. The SMILES string of the molecule is c1ccc(-c2nc(-c3ccccc3)nc(-c3ccc(-c4ccc5c6sc7c8ccccc8nc(-c8ccccc8)c7c6n(-c6ccccc6)c5c4)cc3)n2)cc1. The molecule has 6 heteroatoms. The molecule has 0 aliphatic carbocycles. The topological polar surface area (TPSA) is 56.5 Å². The minimum atomic E-state index is 0.639. The zero-order valence-electron chi connectivity index (χ0n) is 30.0. The first kappa shape index (κ1) is 32.2. The zero-order chi connectivity index (χ0) is 37.0. The highest BCUT2D eigenvalue weighted by Crippen LogP contribution is 2.48. The smallest absolute Gasteiger partial charge is 0.164 e. The molecule has 0 aliphatic heterocycles. The number of rotatable bonds is 6. The van der Waals surface area contributed by atoms with Gasteiger partial charge < -0.3 is 4.57 Å². The summed E-state index contributed by atoms with van der Waals surface area (Å²) in [5.74, 6) is 1.94. The van der Waals surface area contributed by atoms with Gasteiger partial charge in [-0.2, -0.15) is 0 Å². The number of aromatic nitrogens is 5. The second-order valence-corrected chi connectivity index (χ2v) is 14.9. The van der Waals surface area contributed by atoms with Crippen LogP contribution in [0.15, 0.2) is 188 Å². The van der Waals surface area contributed by atoms with E-state index in [0.717, 1.165) is 55.8 Å². The lowest BCUT2D eigenvalue weighted by atomic mass is 10.0. The first-order valence-corrected chi connectivity index (χ1v) is 19.5. The first-order valence-electron chi connectivity index (χ1n) is 18.6. The Bertz CT molecular complexity index is 3150. The van der Waals surface area contributed by atoms with E-state index in [1.54, 1.807) is 0 Å². The summed E-state index contributed by atoms with van der Waals surface area (Å²) < 4.78 is 4.95. The van der Waals surface area contributed by atoms with E-state index in [1.165, 1.54) is 31.1 Å². The molecule has 4 heterocycles. The van der Waals surface area contributed by atoms with Crippen LogP contribution in [-0.2, 0) is 0 Å². The second kappa shape index (κ2) is 13.2. The van der Waals surface area contributed by atoms with Gasteiger partial charge in [-0.15, -0.1) is 11.3 Å². The van der Waals surface area contributed by atoms with Gasteiger partial charge in [-0.25, -0.2) is 19.9 Å². The molecule has 262 valence electrons. The van der Waals surface area contributed by atoms with Gasteiger partial charge >= 0.3 is 0 Å². The van der Waals surface area contributed by atoms with Gasteiger partial charge in [0, 0.05) is 48.8 Å². The average molecular weight is 734 g/mol. The van der Waals surface area contributed by atoms with Crippen LogP contribution in [0.2, 0.25) is 0 Å². The molecule has 11 aromatic rings. The summed E-state index contributed by atoms with van der Waals surface area (Å²) in [6, 6.07) is 65.4. The molecule has 56 heavy (non-hydrogen) atoms. The van der Waals surface area contributed by atoms with Crippen LogP contribution in [-0.4, -0.2) is 24.5 Å². The third kappa shape index (κ3) is 5.38. The van der Waals surface area contributed by atoms with E-state index in [0.29, 0.717) is 17.5 Å². The van der Waals surface area contributed by atoms with Gasteiger partial charge in [0.05, 0.1) is 26.9 Å². The number of thiophene rings is 1. The van der Waals surface area contributed by atoms with Gasteiger partial charge in [-0.05, 0) is 35.4 Å². The van der Waals surface area contributed by atoms with E-state index in [-0.39, 0.29) is 0 Å². The Kier molecular flexibility index (Phi) is 7.60. The van der Waals surface area contributed by atoms with Gasteiger partial charge in [0.25, 0.3) is 0 Å². The van der Waals surface area contributed by atoms with Crippen molar-refractivity contribution in [3.8, 4) is 62.2 Å². The van der Waals surface area contributed by atoms with Crippen molar-refractivity contribution in [2.75, 3.05) is 0 Å². The maximum Gasteiger partial charge on any atom is 0.164 e. The molecule has 0 spiro atoms. The maximum atomic E-state index is 5.32. The summed E-state index contributed by atoms with van der Waals surface area (Å²) in [5.41, 5.74) is 11.7. The summed E-state index contributed by atoms with van der Waals surface area (Å²) in [6.45, 7) is 0. The lowest BCUT2D eigenvalue weighted by Gasteiger charge is -2.12. The standard InChI is InChI=1S/C50H31N5S/c1-5-15-33(16-6-1)44-43-45-47(56-46(43)39-23-13-14-24-41(39)51-44)40-30-29-37(31-42(40)55(45)38-21-11-4-12-22-38)32-25-27-36(28-26-32)50-53-48(34-17-7-2-8-18-34)52-49(54-50)35-19-9-3-10-20-35/h1-31H. The highest BCUT2D eigenvalue weighted by molar-refractivity contribution is 7.27. The Balaban J connectivity index is 1.08. The monoisotopic (exact) mass is 733 g/mol. The van der Waals surface area contributed by atoms with Crippen molar-refractivity contribution in [2.45, 2.75) is 0 Å². The summed E-state index contributed by atoms with van der Waals surface area (Å²) >= 11 is 1.87. The molecule has 4 aromatic heterocycles. The van der Waals surface area contributed by atoms with Crippen molar-refractivity contribution >= 4 is 53.4 Å². The molecule has 0 radical (unpaired) electrons. The fourth-order valence-electron chi connectivity index (χ4n) is 7.78. The third-order valence-corrected chi connectivity index (χ3v) is 11.7. The van der Waals surface area contributed by atoms with Gasteiger partial charge in [0.1, 0.15) is 0 Å². The third-order valence-electron chi connectivity index (χ3n) is 10.4. The van der Waals surface area contributed by atoms with Crippen LogP contribution < -0.4 is 0 Å². The number of hydrogen-bond acceptors (Lipinski definition) is 5. The van der Waals surface area contributed by atoms with Crippen LogP contribution in [0.4, 0.5) is 0 Å². The van der Waals surface area contributed by atoms with Crippen molar-refractivity contribution in [3.05, 3.63) is 188 Å². The van der Waals surface area contributed by atoms with E-state index in [2.05, 4.69) is 132 Å². The molecule has 0 atom stereocenters. The van der Waals surface area contributed by atoms with E-state index >= 15 is 0 Å². The molecule has 0 aliphatic rings. The van der Waals surface area contributed by atoms with Gasteiger partial charge in [-0.1, -0.05) is 164 Å². The van der Waals surface area contributed by atoms with Crippen LogP contribution in [0.5, 0.6) is 0 Å². The zero-order valence-corrected chi connectivity index (χ0v) is 30.9. The molecule has 0 bridgehead atoms. The van der Waals surface area contributed by atoms with Gasteiger partial charge in [0.2, 0.25) is 0 Å². The normalized spacial score (nSPS) is 11.6. The summed E-state index contributed by atoms with van der Waals surface area (Å²) in [6.07, 6.45) is 0. The van der Waals surface area contributed by atoms with Crippen LogP contribution in [0.25, 0.3) is 104 Å². The van der Waals surface area contributed by atoms with Crippen molar-refractivity contribution < 1.29 is 0 Å². The number of pyridine rings is 1. The first-order chi connectivity index (χ1) is 27.8. The Labute approximate surface area is 326 Å². The van der Waals surface area contributed by atoms with Crippen LogP contribution in [0.1, 0.15) is 0 Å². The number of nitrogens with zero attached hydrogens (tertiary/aromatic N) is 5. The number of benzene rings is 7. The number of hydrogen-bond donors (Lipinski definition) is 0. The number of fused-ring (bicyclic) bond motifs is 7. The van der Waals surface area contributed by atoms with Crippen molar-refractivity contribution in [2.24, 2.45) is 0 Å². The summed E-state index contributed by atoms with van der Waals surface area (Å²) in [5, 5.41) is 3.58. The Hall–Kier alpha value is -7.28. The van der Waals surface area contributed by atoms with Crippen LogP contribution >= 0.6 is 11.3 Å². The van der Waals surface area contributed by atoms with E-state index in [1.807, 2.05) is 72.0 Å². The minimum Gasteiger partial charge on any atom is -0.308 e. The molecule has 0 saturated heterocycles. The highest BCUT2D eigenvalue weighted by Gasteiger charge is 2.23. The summed E-state index contributed by atoms with van der Waals surface area (Å²) in [4.78, 5) is 20.1. The maximum absolute atomic E-state index is 5.32. The van der Waals surface area contributed by atoms with Crippen LogP contribution in [0, 0.1) is 0 Å². The molecule has 0 saturated carbocycles. The van der Waals surface area contributed by atoms with E-state index in [9.17, 15) is 0 Å². The molecular weight excluding hydrogens is 703 g/mol. The minimum absolute atomic E-state index is 0.639. The Morgan fingerprint density at radius 2 is 0.875 bits per heavy atom. The van der Waals surface area contributed by atoms with Gasteiger partial charge in [-0.3, -0.25) is 0 Å². The predicted octanol–water partition coefficient (Wildman–Crippen LogP) is 13.1. The highest BCUT2D eigenvalue weighted by atomic mass is 32.1. The number of para-hydroxylation sites is 2. The van der Waals surface area contributed by atoms with Crippen molar-refractivity contribution in [3.63, 3.8) is 0 Å². The van der Waals surface area contributed by atoms with Crippen LogP contribution in [0.3, 0.4) is 0 Å². The molecule has 0 amide bonds. The molecule has 5 nitrogen and oxygen atoms in total. The predicted molar refractivity (Wildman–Crippen MR) is 232 cm³/mol. The molecule has 0 unspecified atom stereocenters. The Morgan fingerprint density at radius 1 is 0.375 bits per heavy atom. The molecular formula is C50H31N5S. The molecule has 7 aromatic carbocycles. The molecule has 11 rings (SSSR count). The fraction of sp³-hybridized carbons (Fsp3) is 0. The molecule has 0 N–H and O–H groups in total.